The minimum Gasteiger partial charge on any atom is -0.331 e. The number of rotatable bonds is 0. The van der Waals surface area contributed by atoms with Crippen LogP contribution in [-0.2, 0) is 7.05 Å². The Kier molecular flexibility index (Phi) is 2.15. The molecule has 0 spiro atoms. The summed E-state index contributed by atoms with van der Waals surface area (Å²) >= 11 is 6.98. The number of aromatic nitrogens is 2. The van der Waals surface area contributed by atoms with E-state index >= 15 is 0 Å². The van der Waals surface area contributed by atoms with E-state index in [1.165, 1.54) is 6.07 Å². The quantitative estimate of drug-likeness (QED) is 0.586. The highest BCUT2D eigenvalue weighted by Crippen LogP contribution is 2.19. The molecular weight excluding hydrogens is 302 g/mol. The Morgan fingerprint density at radius 2 is 2.23 bits per heavy atom. The third-order valence-electron chi connectivity index (χ3n) is 1.95. The molecule has 0 amide bonds. The van der Waals surface area contributed by atoms with Crippen LogP contribution < -0.4 is 0 Å². The molecular formula is C8H6FIN2S. The monoisotopic (exact) mass is 308 g/mol. The lowest BCUT2D eigenvalue weighted by Gasteiger charge is -1.96. The second kappa shape index (κ2) is 3.06. The van der Waals surface area contributed by atoms with E-state index in [2.05, 4.69) is 4.98 Å². The van der Waals surface area contributed by atoms with Crippen molar-refractivity contribution < 1.29 is 4.39 Å². The molecule has 5 heteroatoms. The molecule has 0 bridgehead atoms. The number of aromatic amines is 1. The summed E-state index contributed by atoms with van der Waals surface area (Å²) in [5, 5.41) is 0. The second-order valence-electron chi connectivity index (χ2n) is 2.77. The number of imidazole rings is 1. The summed E-state index contributed by atoms with van der Waals surface area (Å²) in [6.07, 6.45) is 0. The van der Waals surface area contributed by atoms with Gasteiger partial charge in [-0.2, -0.15) is 0 Å². The summed E-state index contributed by atoms with van der Waals surface area (Å²) in [5.74, 6) is -0.210. The third-order valence-corrected chi connectivity index (χ3v) is 3.15. The van der Waals surface area contributed by atoms with Crippen LogP contribution in [0.25, 0.3) is 11.0 Å². The van der Waals surface area contributed by atoms with Crippen molar-refractivity contribution in [1.29, 1.82) is 0 Å². The van der Waals surface area contributed by atoms with Crippen molar-refractivity contribution in [3.05, 3.63) is 26.3 Å². The van der Waals surface area contributed by atoms with Gasteiger partial charge in [0, 0.05) is 13.1 Å². The maximum absolute atomic E-state index is 13.2. The van der Waals surface area contributed by atoms with Crippen LogP contribution in [-0.4, -0.2) is 9.55 Å². The average molecular weight is 308 g/mol. The number of nitrogens with one attached hydrogen (secondary N) is 1. The Bertz CT molecular complexity index is 529. The topological polar surface area (TPSA) is 20.7 Å². The van der Waals surface area contributed by atoms with Crippen LogP contribution >= 0.6 is 34.8 Å². The summed E-state index contributed by atoms with van der Waals surface area (Å²) in [6, 6.07) is 3.24. The van der Waals surface area contributed by atoms with Crippen LogP contribution in [0.3, 0.4) is 0 Å². The Hall–Kier alpha value is -0.430. The van der Waals surface area contributed by atoms with Gasteiger partial charge in [0.05, 0.1) is 14.6 Å². The molecule has 0 saturated heterocycles. The number of fused-ring (bicyclic) bond motifs is 1. The molecule has 0 saturated carbocycles. The number of hydrogen-bond donors (Lipinski definition) is 1. The molecule has 1 N–H and O–H groups in total. The number of halogens is 2. The van der Waals surface area contributed by atoms with Gasteiger partial charge < -0.3 is 9.55 Å². The van der Waals surface area contributed by atoms with Gasteiger partial charge in [-0.3, -0.25) is 0 Å². The van der Waals surface area contributed by atoms with Gasteiger partial charge in [0.15, 0.2) is 4.77 Å². The maximum atomic E-state index is 13.2. The van der Waals surface area contributed by atoms with Crippen molar-refractivity contribution in [3.63, 3.8) is 0 Å². The molecule has 2 aromatic rings. The minimum atomic E-state index is -0.210. The SMILES string of the molecule is Cn1c(=S)[nH]c2cc(I)c(F)cc21. The number of H-pyrrole nitrogens is 1. The van der Waals surface area contributed by atoms with Crippen LogP contribution in [0.15, 0.2) is 12.1 Å². The highest BCUT2D eigenvalue weighted by atomic mass is 127. The van der Waals surface area contributed by atoms with E-state index in [0.29, 0.717) is 8.34 Å². The van der Waals surface area contributed by atoms with E-state index in [1.54, 1.807) is 10.6 Å². The van der Waals surface area contributed by atoms with Crippen LogP contribution in [0.4, 0.5) is 4.39 Å². The fourth-order valence-electron chi connectivity index (χ4n) is 1.22. The minimum absolute atomic E-state index is 0.210. The molecule has 1 heterocycles. The molecule has 0 aliphatic carbocycles. The molecule has 0 atom stereocenters. The summed E-state index contributed by atoms with van der Waals surface area (Å²) in [7, 11) is 1.81. The Labute approximate surface area is 92.9 Å². The van der Waals surface area contributed by atoms with Gasteiger partial charge in [0.25, 0.3) is 0 Å². The van der Waals surface area contributed by atoms with Crippen molar-refractivity contribution >= 4 is 45.8 Å². The van der Waals surface area contributed by atoms with E-state index in [0.717, 1.165) is 11.0 Å². The fourth-order valence-corrected chi connectivity index (χ4v) is 1.90. The van der Waals surface area contributed by atoms with Gasteiger partial charge in [-0.25, -0.2) is 4.39 Å². The van der Waals surface area contributed by atoms with Crippen molar-refractivity contribution in [2.45, 2.75) is 0 Å². The van der Waals surface area contributed by atoms with Gasteiger partial charge in [0.1, 0.15) is 5.82 Å². The van der Waals surface area contributed by atoms with Crippen molar-refractivity contribution in [2.24, 2.45) is 7.05 Å². The lowest BCUT2D eigenvalue weighted by Crippen LogP contribution is -1.88. The van der Waals surface area contributed by atoms with Gasteiger partial charge in [-0.05, 0) is 40.9 Å². The summed E-state index contributed by atoms with van der Waals surface area (Å²) in [6.45, 7) is 0. The standard InChI is InChI=1S/C8H6FIN2S/c1-12-7-2-4(9)5(10)3-6(7)11-8(12)13/h2-3H,1H3,(H,11,13). The molecule has 2 nitrogen and oxygen atoms in total. The first-order valence-corrected chi connectivity index (χ1v) is 5.12. The highest BCUT2D eigenvalue weighted by Gasteiger charge is 2.05. The number of hydrogen-bond acceptors (Lipinski definition) is 1. The number of benzene rings is 1. The molecule has 0 fully saturated rings. The van der Waals surface area contributed by atoms with Crippen LogP contribution in [0.1, 0.15) is 0 Å². The zero-order chi connectivity index (χ0) is 9.59. The highest BCUT2D eigenvalue weighted by molar-refractivity contribution is 14.1. The Morgan fingerprint density at radius 1 is 1.54 bits per heavy atom. The van der Waals surface area contributed by atoms with E-state index < -0.39 is 0 Å². The van der Waals surface area contributed by atoms with Crippen LogP contribution in [0.5, 0.6) is 0 Å². The first kappa shape index (κ1) is 9.14. The number of nitrogens with zero attached hydrogens (tertiary/aromatic N) is 1. The normalized spacial score (nSPS) is 11.0. The summed E-state index contributed by atoms with van der Waals surface area (Å²) in [4.78, 5) is 3.00. The zero-order valence-electron chi connectivity index (χ0n) is 6.77. The van der Waals surface area contributed by atoms with E-state index in [9.17, 15) is 4.39 Å². The molecule has 0 aliphatic heterocycles. The fraction of sp³-hybridized carbons (Fsp3) is 0.125. The van der Waals surface area contributed by atoms with Crippen molar-refractivity contribution in [3.8, 4) is 0 Å². The summed E-state index contributed by atoms with van der Waals surface area (Å²) < 4.78 is 16.1. The van der Waals surface area contributed by atoms with E-state index in [4.69, 9.17) is 12.2 Å². The molecule has 0 aliphatic rings. The lowest BCUT2D eigenvalue weighted by molar-refractivity contribution is 0.621. The van der Waals surface area contributed by atoms with Crippen molar-refractivity contribution in [2.75, 3.05) is 0 Å². The molecule has 68 valence electrons. The van der Waals surface area contributed by atoms with Crippen molar-refractivity contribution in [1.82, 2.24) is 9.55 Å². The van der Waals surface area contributed by atoms with Gasteiger partial charge >= 0.3 is 0 Å². The summed E-state index contributed by atoms with van der Waals surface area (Å²) in [5.41, 5.74) is 1.67. The average Bonchev–Trinajstić information content (AvgIpc) is 2.32. The smallest absolute Gasteiger partial charge is 0.177 e. The van der Waals surface area contributed by atoms with Gasteiger partial charge in [0.2, 0.25) is 0 Å². The van der Waals surface area contributed by atoms with E-state index in [-0.39, 0.29) is 5.82 Å². The maximum Gasteiger partial charge on any atom is 0.177 e. The first-order valence-electron chi connectivity index (χ1n) is 3.63. The Morgan fingerprint density at radius 3 is 2.92 bits per heavy atom. The predicted octanol–water partition coefficient (Wildman–Crippen LogP) is 2.98. The van der Waals surface area contributed by atoms with Crippen LogP contribution in [0.2, 0.25) is 0 Å². The molecule has 1 aromatic heterocycles. The van der Waals surface area contributed by atoms with E-state index in [1.807, 2.05) is 29.6 Å². The molecule has 1 aromatic carbocycles. The third kappa shape index (κ3) is 1.39. The largest absolute Gasteiger partial charge is 0.331 e. The lowest BCUT2D eigenvalue weighted by atomic mass is 10.3. The molecule has 13 heavy (non-hydrogen) atoms. The zero-order valence-corrected chi connectivity index (χ0v) is 9.74. The van der Waals surface area contributed by atoms with Gasteiger partial charge in [-0.1, -0.05) is 0 Å². The molecule has 2 rings (SSSR count). The second-order valence-corrected chi connectivity index (χ2v) is 4.32. The molecule has 0 unspecified atom stereocenters. The Balaban J connectivity index is 2.97. The predicted molar refractivity (Wildman–Crippen MR) is 60.8 cm³/mol. The molecule has 0 radical (unpaired) electrons. The first-order chi connectivity index (χ1) is 6.09. The van der Waals surface area contributed by atoms with Crippen LogP contribution in [0, 0.1) is 14.2 Å². The number of aryl methyl sites for hydroxylation is 1. The van der Waals surface area contributed by atoms with Gasteiger partial charge in [-0.15, -0.1) is 0 Å².